The topological polar surface area (TPSA) is 85.5 Å². The van der Waals surface area contributed by atoms with Gasteiger partial charge in [0.2, 0.25) is 0 Å². The molecule has 1 heterocycles. The minimum atomic E-state index is -0.0147. The first-order valence-corrected chi connectivity index (χ1v) is 11.9. The molecule has 0 radical (unpaired) electrons. The maximum Gasteiger partial charge on any atom is 0.322 e. The summed E-state index contributed by atoms with van der Waals surface area (Å²) in [5.74, 6) is 0.0293. The number of amidine groups is 1. The molecule has 2 aromatic rings. The highest BCUT2D eigenvalue weighted by Crippen LogP contribution is 2.28. The maximum absolute atomic E-state index is 13.5. The number of nitrogen functional groups attached to an aromatic ring is 1. The lowest BCUT2D eigenvalue weighted by atomic mass is 9.93. The van der Waals surface area contributed by atoms with Gasteiger partial charge in [0.05, 0.1) is 0 Å². The van der Waals surface area contributed by atoms with Gasteiger partial charge in [-0.3, -0.25) is 15.2 Å². The molecule has 0 unspecified atom stereocenters. The number of hydrogen-bond donors (Lipinski definition) is 3. The summed E-state index contributed by atoms with van der Waals surface area (Å²) >= 11 is 0. The van der Waals surface area contributed by atoms with Crippen molar-refractivity contribution in [1.82, 2.24) is 10.2 Å². The summed E-state index contributed by atoms with van der Waals surface area (Å²) in [4.78, 5) is 17.9. The summed E-state index contributed by atoms with van der Waals surface area (Å²) in [5, 5.41) is 11.1. The second kappa shape index (κ2) is 10.6. The van der Waals surface area contributed by atoms with Crippen molar-refractivity contribution in [3.8, 4) is 0 Å². The number of hydrogen-bond acceptors (Lipinski definition) is 3. The van der Waals surface area contributed by atoms with E-state index in [-0.39, 0.29) is 24.0 Å². The molecule has 1 saturated carbocycles. The average molecular weight is 434 g/mol. The Morgan fingerprint density at radius 2 is 1.72 bits per heavy atom. The molecule has 1 saturated heterocycles. The van der Waals surface area contributed by atoms with Gasteiger partial charge in [-0.15, -0.1) is 0 Å². The van der Waals surface area contributed by atoms with Gasteiger partial charge in [-0.1, -0.05) is 61.7 Å². The Kier molecular flexibility index (Phi) is 7.43. The second-order valence-corrected chi connectivity index (χ2v) is 9.11. The highest BCUT2D eigenvalue weighted by molar-refractivity contribution is 5.98. The fraction of sp³-hybridized carbons (Fsp3) is 0.462. The van der Waals surface area contributed by atoms with Crippen molar-refractivity contribution in [2.45, 2.75) is 63.6 Å². The fourth-order valence-corrected chi connectivity index (χ4v) is 4.98. The van der Waals surface area contributed by atoms with E-state index in [9.17, 15) is 4.79 Å². The lowest BCUT2D eigenvalue weighted by Crippen LogP contribution is -2.52. The molecule has 0 bridgehead atoms. The minimum Gasteiger partial charge on any atom is -0.384 e. The Bertz CT molecular complexity index is 901. The van der Waals surface area contributed by atoms with Crippen molar-refractivity contribution in [3.05, 3.63) is 65.7 Å². The molecule has 6 nitrogen and oxygen atoms in total. The maximum atomic E-state index is 13.5. The molecule has 0 atom stereocenters. The van der Waals surface area contributed by atoms with Crippen molar-refractivity contribution in [3.63, 3.8) is 0 Å². The van der Waals surface area contributed by atoms with Crippen LogP contribution in [0.4, 0.5) is 10.5 Å². The predicted octanol–water partition coefficient (Wildman–Crippen LogP) is 4.48. The molecular weight excluding hydrogens is 398 g/mol. The summed E-state index contributed by atoms with van der Waals surface area (Å²) in [6, 6.07) is 18.5. The SMILES string of the molecule is N=C(N)c1cccc(N(C(=O)NC2CCN(Cc3ccccc3)CC2)C2CCCCC2)c1. The summed E-state index contributed by atoms with van der Waals surface area (Å²) < 4.78 is 0. The van der Waals surface area contributed by atoms with Crippen LogP contribution in [0, 0.1) is 5.41 Å². The molecule has 32 heavy (non-hydrogen) atoms. The summed E-state index contributed by atoms with van der Waals surface area (Å²) in [6.45, 7) is 2.94. The van der Waals surface area contributed by atoms with Crippen LogP contribution in [0.5, 0.6) is 0 Å². The molecular formula is C26H35N5O. The van der Waals surface area contributed by atoms with Gasteiger partial charge in [0.1, 0.15) is 5.84 Å². The van der Waals surface area contributed by atoms with E-state index >= 15 is 0 Å². The number of benzene rings is 2. The van der Waals surface area contributed by atoms with Gasteiger partial charge >= 0.3 is 6.03 Å². The predicted molar refractivity (Wildman–Crippen MR) is 130 cm³/mol. The molecule has 2 fully saturated rings. The van der Waals surface area contributed by atoms with Gasteiger partial charge < -0.3 is 11.1 Å². The number of anilines is 1. The van der Waals surface area contributed by atoms with Crippen molar-refractivity contribution in [2.75, 3.05) is 18.0 Å². The van der Waals surface area contributed by atoms with Gasteiger partial charge in [0.25, 0.3) is 0 Å². The van der Waals surface area contributed by atoms with Crippen LogP contribution in [0.15, 0.2) is 54.6 Å². The van der Waals surface area contributed by atoms with E-state index in [2.05, 4.69) is 40.5 Å². The van der Waals surface area contributed by atoms with E-state index in [1.165, 1.54) is 12.0 Å². The molecule has 6 heteroatoms. The lowest BCUT2D eigenvalue weighted by molar-refractivity contribution is 0.187. The van der Waals surface area contributed by atoms with Crippen LogP contribution in [0.2, 0.25) is 0 Å². The van der Waals surface area contributed by atoms with Crippen LogP contribution in [-0.2, 0) is 6.54 Å². The largest absolute Gasteiger partial charge is 0.384 e. The van der Waals surface area contributed by atoms with Crippen LogP contribution in [0.1, 0.15) is 56.1 Å². The van der Waals surface area contributed by atoms with Crippen LogP contribution in [0.3, 0.4) is 0 Å². The molecule has 0 aromatic heterocycles. The summed E-state index contributed by atoms with van der Waals surface area (Å²) in [7, 11) is 0. The zero-order valence-electron chi connectivity index (χ0n) is 18.8. The first-order chi connectivity index (χ1) is 15.6. The van der Waals surface area contributed by atoms with Crippen LogP contribution in [-0.4, -0.2) is 41.9 Å². The van der Waals surface area contributed by atoms with Crippen molar-refractivity contribution >= 4 is 17.6 Å². The molecule has 1 aliphatic heterocycles. The molecule has 170 valence electrons. The van der Waals surface area contributed by atoms with Crippen molar-refractivity contribution < 1.29 is 4.79 Å². The number of carbonyl (C=O) groups is 1. The number of carbonyl (C=O) groups excluding carboxylic acids is 1. The highest BCUT2D eigenvalue weighted by Gasteiger charge is 2.29. The van der Waals surface area contributed by atoms with E-state index < -0.39 is 0 Å². The third-order valence-electron chi connectivity index (χ3n) is 6.76. The van der Waals surface area contributed by atoms with E-state index in [0.29, 0.717) is 5.56 Å². The first kappa shape index (κ1) is 22.3. The number of nitrogens with two attached hydrogens (primary N) is 1. The number of piperidine rings is 1. The van der Waals surface area contributed by atoms with E-state index in [0.717, 1.165) is 63.8 Å². The van der Waals surface area contributed by atoms with E-state index in [1.807, 2.05) is 29.2 Å². The minimum absolute atomic E-state index is 0.0147. The van der Waals surface area contributed by atoms with Crippen molar-refractivity contribution in [1.29, 1.82) is 5.41 Å². The number of nitrogens with zero attached hydrogens (tertiary/aromatic N) is 2. The Morgan fingerprint density at radius 1 is 1.00 bits per heavy atom. The van der Waals surface area contributed by atoms with Crippen LogP contribution >= 0.6 is 0 Å². The van der Waals surface area contributed by atoms with Gasteiger partial charge in [-0.2, -0.15) is 0 Å². The van der Waals surface area contributed by atoms with Gasteiger partial charge in [0, 0.05) is 43.0 Å². The van der Waals surface area contributed by atoms with E-state index in [1.54, 1.807) is 0 Å². The highest BCUT2D eigenvalue weighted by atomic mass is 16.2. The van der Waals surface area contributed by atoms with Crippen molar-refractivity contribution in [2.24, 2.45) is 5.73 Å². The third-order valence-corrected chi connectivity index (χ3v) is 6.76. The lowest BCUT2D eigenvalue weighted by Gasteiger charge is -2.37. The molecule has 2 amide bonds. The fourth-order valence-electron chi connectivity index (χ4n) is 4.98. The Hall–Kier alpha value is -2.86. The Balaban J connectivity index is 1.40. The standard InChI is InChI=1S/C26H35N5O/c27-25(28)21-10-7-13-24(18-21)31(23-11-5-2-6-12-23)26(32)29-22-14-16-30(17-15-22)19-20-8-3-1-4-9-20/h1,3-4,7-10,13,18,22-23H,2,5-6,11-12,14-17,19H2,(H3,27,28)(H,29,32). The monoisotopic (exact) mass is 433 g/mol. The molecule has 4 N–H and O–H groups in total. The van der Waals surface area contributed by atoms with Crippen LogP contribution < -0.4 is 16.0 Å². The molecule has 1 aliphatic carbocycles. The smallest absolute Gasteiger partial charge is 0.322 e. The Labute approximate surface area is 191 Å². The quantitative estimate of drug-likeness (QED) is 0.464. The van der Waals surface area contributed by atoms with Gasteiger partial charge in [-0.05, 0) is 43.4 Å². The molecule has 2 aromatic carbocycles. The molecule has 4 rings (SSSR count). The molecule has 2 aliphatic rings. The van der Waals surface area contributed by atoms with Gasteiger partial charge in [0.15, 0.2) is 0 Å². The Morgan fingerprint density at radius 3 is 2.41 bits per heavy atom. The number of rotatable bonds is 6. The summed E-state index contributed by atoms with van der Waals surface area (Å²) in [6.07, 6.45) is 7.51. The second-order valence-electron chi connectivity index (χ2n) is 9.11. The molecule has 0 spiro atoms. The average Bonchev–Trinajstić information content (AvgIpc) is 2.82. The zero-order valence-corrected chi connectivity index (χ0v) is 18.8. The number of nitrogens with one attached hydrogen (secondary N) is 2. The first-order valence-electron chi connectivity index (χ1n) is 11.9. The number of urea groups is 1. The third kappa shape index (κ3) is 5.68. The summed E-state index contributed by atoms with van der Waals surface area (Å²) in [5.41, 5.74) is 8.55. The normalized spacial score (nSPS) is 18.2. The van der Waals surface area contributed by atoms with E-state index in [4.69, 9.17) is 11.1 Å². The van der Waals surface area contributed by atoms with Gasteiger partial charge in [-0.25, -0.2) is 4.79 Å². The van der Waals surface area contributed by atoms with Crippen LogP contribution in [0.25, 0.3) is 0 Å². The zero-order chi connectivity index (χ0) is 22.3. The number of likely N-dealkylation sites (tertiary alicyclic amines) is 1. The number of amides is 2.